The van der Waals surface area contributed by atoms with Crippen LogP contribution in [-0.2, 0) is 9.53 Å². The van der Waals surface area contributed by atoms with Crippen molar-refractivity contribution < 1.29 is 9.53 Å². The lowest BCUT2D eigenvalue weighted by molar-refractivity contribution is -0.123. The van der Waals surface area contributed by atoms with Gasteiger partial charge in [-0.3, -0.25) is 4.79 Å². The molecular weight excluding hydrogens is 288 g/mol. The molecule has 1 aromatic carbocycles. The van der Waals surface area contributed by atoms with Crippen LogP contribution in [0.15, 0.2) is 30.3 Å². The Balaban J connectivity index is 0.00000400. The van der Waals surface area contributed by atoms with E-state index in [1.807, 2.05) is 18.2 Å². The normalized spacial score (nSPS) is 13.4. The minimum absolute atomic E-state index is 0. The lowest BCUT2D eigenvalue weighted by Gasteiger charge is -2.22. The van der Waals surface area contributed by atoms with Crippen molar-refractivity contribution in [2.24, 2.45) is 11.7 Å². The molecule has 4 nitrogen and oxygen atoms in total. The van der Waals surface area contributed by atoms with Crippen molar-refractivity contribution in [3.63, 3.8) is 0 Å². The molecule has 120 valence electrons. The lowest BCUT2D eigenvalue weighted by Crippen LogP contribution is -2.35. The van der Waals surface area contributed by atoms with E-state index in [0.29, 0.717) is 31.3 Å². The molecule has 0 radical (unpaired) electrons. The van der Waals surface area contributed by atoms with Gasteiger partial charge in [-0.1, -0.05) is 44.2 Å². The van der Waals surface area contributed by atoms with Crippen LogP contribution in [0.1, 0.15) is 31.7 Å². The van der Waals surface area contributed by atoms with Crippen molar-refractivity contribution in [1.82, 2.24) is 5.32 Å². The molecule has 0 spiro atoms. The summed E-state index contributed by atoms with van der Waals surface area (Å²) in [7, 11) is 1.58. The van der Waals surface area contributed by atoms with Gasteiger partial charge >= 0.3 is 0 Å². The molecule has 2 unspecified atom stereocenters. The van der Waals surface area contributed by atoms with E-state index in [1.165, 1.54) is 5.56 Å². The minimum atomic E-state index is -0.204. The van der Waals surface area contributed by atoms with E-state index < -0.39 is 0 Å². The SMILES string of the molecule is COC(CN)CC(=O)NCC(c1ccccc1)C(C)C.Cl. The first kappa shape index (κ1) is 19.9. The van der Waals surface area contributed by atoms with Gasteiger partial charge in [-0.2, -0.15) is 0 Å². The largest absolute Gasteiger partial charge is 0.380 e. The summed E-state index contributed by atoms with van der Waals surface area (Å²) in [6.07, 6.45) is 0.108. The zero-order valence-corrected chi connectivity index (χ0v) is 13.9. The number of methoxy groups -OCH3 is 1. The summed E-state index contributed by atoms with van der Waals surface area (Å²) < 4.78 is 5.12. The van der Waals surface area contributed by atoms with Crippen LogP contribution < -0.4 is 11.1 Å². The van der Waals surface area contributed by atoms with E-state index in [0.717, 1.165) is 0 Å². The van der Waals surface area contributed by atoms with Crippen LogP contribution in [0.2, 0.25) is 0 Å². The summed E-state index contributed by atoms with van der Waals surface area (Å²) >= 11 is 0. The second-order valence-corrected chi connectivity index (χ2v) is 5.36. The molecule has 21 heavy (non-hydrogen) atoms. The molecule has 0 saturated carbocycles. The third-order valence-electron chi connectivity index (χ3n) is 3.56. The Hall–Kier alpha value is -1.10. The van der Waals surface area contributed by atoms with Crippen LogP contribution in [0, 0.1) is 5.92 Å². The maximum atomic E-state index is 11.9. The van der Waals surface area contributed by atoms with Gasteiger partial charge in [0.1, 0.15) is 0 Å². The molecule has 0 fully saturated rings. The summed E-state index contributed by atoms with van der Waals surface area (Å²) in [5.74, 6) is 0.772. The Morgan fingerprint density at radius 2 is 1.90 bits per heavy atom. The fourth-order valence-electron chi connectivity index (χ4n) is 2.20. The number of hydrogen-bond donors (Lipinski definition) is 2. The highest BCUT2D eigenvalue weighted by Crippen LogP contribution is 2.23. The van der Waals surface area contributed by atoms with Crippen LogP contribution in [0.5, 0.6) is 0 Å². The molecule has 0 aliphatic heterocycles. The fourth-order valence-corrected chi connectivity index (χ4v) is 2.20. The van der Waals surface area contributed by atoms with Gasteiger partial charge in [-0.25, -0.2) is 0 Å². The van der Waals surface area contributed by atoms with Crippen molar-refractivity contribution >= 4 is 18.3 Å². The molecule has 0 aromatic heterocycles. The van der Waals surface area contributed by atoms with Crippen LogP contribution in [-0.4, -0.2) is 32.2 Å². The Kier molecular flexibility index (Phi) is 10.0. The highest BCUT2D eigenvalue weighted by atomic mass is 35.5. The van der Waals surface area contributed by atoms with Gasteiger partial charge in [-0.05, 0) is 11.5 Å². The van der Waals surface area contributed by atoms with Gasteiger partial charge in [-0.15, -0.1) is 12.4 Å². The number of carbonyl (C=O) groups is 1. The maximum Gasteiger partial charge on any atom is 0.222 e. The molecular formula is C16H27ClN2O2. The Morgan fingerprint density at radius 3 is 2.38 bits per heavy atom. The van der Waals surface area contributed by atoms with E-state index in [4.69, 9.17) is 10.5 Å². The van der Waals surface area contributed by atoms with Crippen molar-refractivity contribution in [2.75, 3.05) is 20.2 Å². The summed E-state index contributed by atoms with van der Waals surface area (Å²) in [4.78, 5) is 11.9. The Morgan fingerprint density at radius 1 is 1.29 bits per heavy atom. The Bertz CT molecular complexity index is 395. The van der Waals surface area contributed by atoms with Crippen molar-refractivity contribution in [1.29, 1.82) is 0 Å². The second-order valence-electron chi connectivity index (χ2n) is 5.36. The standard InChI is InChI=1S/C16H26N2O2.ClH/c1-12(2)15(13-7-5-4-6-8-13)11-18-16(19)9-14(10-17)20-3;/h4-8,12,14-15H,9-11,17H2,1-3H3,(H,18,19);1H. The average molecular weight is 315 g/mol. The number of amides is 1. The number of benzene rings is 1. The summed E-state index contributed by atoms with van der Waals surface area (Å²) in [6.45, 7) is 5.33. The van der Waals surface area contributed by atoms with Crippen molar-refractivity contribution in [3.8, 4) is 0 Å². The highest BCUT2D eigenvalue weighted by molar-refractivity contribution is 5.85. The van der Waals surface area contributed by atoms with Crippen molar-refractivity contribution in [3.05, 3.63) is 35.9 Å². The van der Waals surface area contributed by atoms with Gasteiger partial charge in [0.05, 0.1) is 12.5 Å². The number of nitrogens with two attached hydrogens (primary N) is 1. The van der Waals surface area contributed by atoms with Crippen molar-refractivity contribution in [2.45, 2.75) is 32.3 Å². The first-order valence-electron chi connectivity index (χ1n) is 7.13. The number of ether oxygens (including phenoxy) is 1. The quantitative estimate of drug-likeness (QED) is 0.774. The zero-order valence-electron chi connectivity index (χ0n) is 13.0. The molecule has 0 aliphatic carbocycles. The van der Waals surface area contributed by atoms with E-state index in [1.54, 1.807) is 7.11 Å². The first-order valence-corrected chi connectivity index (χ1v) is 7.13. The molecule has 5 heteroatoms. The lowest BCUT2D eigenvalue weighted by atomic mass is 9.88. The number of carbonyl (C=O) groups excluding carboxylic acids is 1. The third kappa shape index (κ3) is 6.93. The Labute approximate surface area is 133 Å². The van der Waals surface area contributed by atoms with Crippen LogP contribution >= 0.6 is 12.4 Å². The summed E-state index contributed by atoms with van der Waals surface area (Å²) in [5, 5.41) is 2.99. The monoisotopic (exact) mass is 314 g/mol. The predicted molar refractivity (Wildman–Crippen MR) is 88.7 cm³/mol. The van der Waals surface area contributed by atoms with Crippen LogP contribution in [0.3, 0.4) is 0 Å². The van der Waals surface area contributed by atoms with Gasteiger partial charge in [0.25, 0.3) is 0 Å². The molecule has 0 saturated heterocycles. The molecule has 0 bridgehead atoms. The first-order chi connectivity index (χ1) is 9.58. The van der Waals surface area contributed by atoms with Crippen LogP contribution in [0.4, 0.5) is 0 Å². The fraction of sp³-hybridized carbons (Fsp3) is 0.562. The third-order valence-corrected chi connectivity index (χ3v) is 3.56. The van der Waals surface area contributed by atoms with Gasteiger partial charge < -0.3 is 15.8 Å². The summed E-state index contributed by atoms with van der Waals surface area (Å²) in [6, 6.07) is 10.3. The molecule has 1 rings (SSSR count). The maximum absolute atomic E-state index is 11.9. The topological polar surface area (TPSA) is 64.3 Å². The predicted octanol–water partition coefficient (Wildman–Crippen LogP) is 2.33. The molecule has 1 amide bonds. The van der Waals surface area contributed by atoms with E-state index >= 15 is 0 Å². The molecule has 0 aliphatic rings. The smallest absolute Gasteiger partial charge is 0.222 e. The van der Waals surface area contributed by atoms with Gasteiger partial charge in [0, 0.05) is 26.1 Å². The molecule has 2 atom stereocenters. The van der Waals surface area contributed by atoms with E-state index in [2.05, 4.69) is 31.3 Å². The van der Waals surface area contributed by atoms with E-state index in [9.17, 15) is 4.79 Å². The molecule has 3 N–H and O–H groups in total. The number of halogens is 1. The second kappa shape index (κ2) is 10.6. The number of nitrogens with one attached hydrogen (secondary N) is 1. The van der Waals surface area contributed by atoms with Crippen LogP contribution in [0.25, 0.3) is 0 Å². The number of hydrogen-bond acceptors (Lipinski definition) is 3. The minimum Gasteiger partial charge on any atom is -0.380 e. The average Bonchev–Trinajstić information content (AvgIpc) is 2.45. The van der Waals surface area contributed by atoms with E-state index in [-0.39, 0.29) is 24.4 Å². The highest BCUT2D eigenvalue weighted by Gasteiger charge is 2.18. The summed E-state index contributed by atoms with van der Waals surface area (Å²) in [5.41, 5.74) is 6.78. The van der Waals surface area contributed by atoms with Gasteiger partial charge in [0.2, 0.25) is 5.91 Å². The molecule has 1 aromatic rings. The zero-order chi connectivity index (χ0) is 15.0. The number of rotatable bonds is 8. The molecule has 0 heterocycles. The van der Waals surface area contributed by atoms with Gasteiger partial charge in [0.15, 0.2) is 0 Å².